The Morgan fingerprint density at radius 1 is 0.950 bits per heavy atom. The molecule has 2 aromatic carbocycles. The monoisotopic (exact) mass is 390 g/mol. The zero-order valence-corrected chi connectivity index (χ0v) is 14.6. The van der Waals surface area contributed by atoms with Gasteiger partial charge in [0.2, 0.25) is 0 Å². The Balaban J connectivity index is 2.42. The van der Waals surface area contributed by atoms with Gasteiger partial charge >= 0.3 is 0 Å². The van der Waals surface area contributed by atoms with Crippen molar-refractivity contribution in [1.29, 1.82) is 0 Å². The van der Waals surface area contributed by atoms with Gasteiger partial charge in [0, 0.05) is 26.7 Å². The molecule has 0 atom stereocenters. The molecule has 0 unspecified atom stereocenters. The molecular formula is C16H14BrCl3. The highest BCUT2D eigenvalue weighted by Crippen LogP contribution is 2.36. The van der Waals surface area contributed by atoms with Gasteiger partial charge in [-0.15, -0.1) is 23.2 Å². The van der Waals surface area contributed by atoms with Crippen molar-refractivity contribution in [1.82, 2.24) is 0 Å². The average molecular weight is 393 g/mol. The highest BCUT2D eigenvalue weighted by molar-refractivity contribution is 9.10. The summed E-state index contributed by atoms with van der Waals surface area (Å²) in [5.41, 5.74) is 1.83. The topological polar surface area (TPSA) is 0 Å². The molecule has 2 aromatic rings. The van der Waals surface area contributed by atoms with Crippen LogP contribution in [0.2, 0.25) is 5.02 Å². The van der Waals surface area contributed by atoms with Gasteiger partial charge in [0.05, 0.1) is 0 Å². The predicted molar refractivity (Wildman–Crippen MR) is 92.4 cm³/mol. The summed E-state index contributed by atoms with van der Waals surface area (Å²) >= 11 is 22.4. The molecule has 4 heteroatoms. The Labute approximate surface area is 143 Å². The fraction of sp³-hybridized carbons (Fsp3) is 0.250. The van der Waals surface area contributed by atoms with Crippen LogP contribution in [0.3, 0.4) is 0 Å². The van der Waals surface area contributed by atoms with E-state index in [4.69, 9.17) is 34.8 Å². The summed E-state index contributed by atoms with van der Waals surface area (Å²) in [6.45, 7) is 0. The molecule has 20 heavy (non-hydrogen) atoms. The Hall–Kier alpha value is -0.210. The fourth-order valence-electron chi connectivity index (χ4n) is 2.30. The van der Waals surface area contributed by atoms with Crippen molar-refractivity contribution in [2.45, 2.75) is 11.8 Å². The highest BCUT2D eigenvalue weighted by Gasteiger charge is 2.32. The second-order valence-electron chi connectivity index (χ2n) is 4.83. The van der Waals surface area contributed by atoms with Crippen molar-refractivity contribution in [2.24, 2.45) is 0 Å². The Morgan fingerprint density at radius 3 is 2.25 bits per heavy atom. The van der Waals surface area contributed by atoms with Gasteiger partial charge in [-0.25, -0.2) is 0 Å². The van der Waals surface area contributed by atoms with E-state index in [2.05, 4.69) is 28.1 Å². The minimum absolute atomic E-state index is 0.359. The van der Waals surface area contributed by atoms with Crippen LogP contribution in [0.15, 0.2) is 53.0 Å². The summed E-state index contributed by atoms with van der Waals surface area (Å²) in [6, 6.07) is 16.0. The van der Waals surface area contributed by atoms with Crippen LogP contribution in [-0.2, 0) is 11.8 Å². The van der Waals surface area contributed by atoms with E-state index in [9.17, 15) is 0 Å². The van der Waals surface area contributed by atoms with E-state index in [1.54, 1.807) is 0 Å². The average Bonchev–Trinajstić information content (AvgIpc) is 2.46. The first-order valence-electron chi connectivity index (χ1n) is 6.23. The van der Waals surface area contributed by atoms with Crippen LogP contribution in [0, 0.1) is 0 Å². The third-order valence-electron chi connectivity index (χ3n) is 3.39. The molecule has 0 aliphatic rings. The fourth-order valence-corrected chi connectivity index (χ4v) is 3.84. The van der Waals surface area contributed by atoms with Gasteiger partial charge in [-0.05, 0) is 35.7 Å². The molecule has 0 saturated heterocycles. The molecule has 0 saturated carbocycles. The van der Waals surface area contributed by atoms with E-state index in [0.29, 0.717) is 16.8 Å². The smallest absolute Gasteiger partial charge is 0.0444 e. The standard InChI is InChI=1S/C16H14BrCl3/c17-13-5-3-4-12(8-13)9-16(10-18,11-19)14-6-1-2-7-15(14)20/h1-8H,9-11H2. The van der Waals surface area contributed by atoms with E-state index < -0.39 is 0 Å². The maximum Gasteiger partial charge on any atom is 0.0444 e. The normalized spacial score (nSPS) is 11.6. The SMILES string of the molecule is ClCC(CCl)(Cc1cccc(Br)c1)c1ccccc1Cl. The van der Waals surface area contributed by atoms with E-state index in [0.717, 1.165) is 16.5 Å². The van der Waals surface area contributed by atoms with Crippen molar-refractivity contribution in [3.8, 4) is 0 Å². The maximum absolute atomic E-state index is 6.34. The molecule has 0 aliphatic carbocycles. The van der Waals surface area contributed by atoms with Gasteiger partial charge in [0.25, 0.3) is 0 Å². The molecule has 0 aliphatic heterocycles. The van der Waals surface area contributed by atoms with Crippen molar-refractivity contribution >= 4 is 50.7 Å². The number of rotatable bonds is 5. The van der Waals surface area contributed by atoms with Gasteiger partial charge in [0.1, 0.15) is 0 Å². The zero-order valence-electron chi connectivity index (χ0n) is 10.8. The van der Waals surface area contributed by atoms with Crippen molar-refractivity contribution in [3.63, 3.8) is 0 Å². The molecule has 0 amide bonds. The largest absolute Gasteiger partial charge is 0.126 e. The summed E-state index contributed by atoms with van der Waals surface area (Å²) in [5.74, 6) is 0.847. The molecular weight excluding hydrogens is 378 g/mol. The summed E-state index contributed by atoms with van der Waals surface area (Å²) in [6.07, 6.45) is 0.753. The van der Waals surface area contributed by atoms with Gasteiger partial charge in [0.15, 0.2) is 0 Å². The number of benzene rings is 2. The highest BCUT2D eigenvalue weighted by atomic mass is 79.9. The first-order chi connectivity index (χ1) is 9.61. The van der Waals surface area contributed by atoms with E-state index in [-0.39, 0.29) is 5.41 Å². The molecule has 0 aromatic heterocycles. The van der Waals surface area contributed by atoms with Crippen molar-refractivity contribution < 1.29 is 0 Å². The van der Waals surface area contributed by atoms with Crippen LogP contribution in [0.5, 0.6) is 0 Å². The van der Waals surface area contributed by atoms with Crippen LogP contribution in [0.1, 0.15) is 11.1 Å². The second-order valence-corrected chi connectivity index (χ2v) is 6.69. The minimum Gasteiger partial charge on any atom is -0.126 e. The van der Waals surface area contributed by atoms with E-state index in [1.807, 2.05) is 36.4 Å². The summed E-state index contributed by atoms with van der Waals surface area (Å²) in [7, 11) is 0. The van der Waals surface area contributed by atoms with Crippen LogP contribution >= 0.6 is 50.7 Å². The third kappa shape index (κ3) is 3.51. The van der Waals surface area contributed by atoms with Gasteiger partial charge < -0.3 is 0 Å². The molecule has 106 valence electrons. The lowest BCUT2D eigenvalue weighted by Crippen LogP contribution is -2.33. The Morgan fingerprint density at radius 2 is 1.65 bits per heavy atom. The molecule has 0 heterocycles. The molecule has 0 radical (unpaired) electrons. The Bertz CT molecular complexity index is 579. The second kappa shape index (κ2) is 7.17. The quantitative estimate of drug-likeness (QED) is 0.543. The summed E-state index contributed by atoms with van der Waals surface area (Å²) < 4.78 is 1.05. The molecule has 0 nitrogen and oxygen atoms in total. The maximum atomic E-state index is 6.34. The minimum atomic E-state index is -0.359. The van der Waals surface area contributed by atoms with Gasteiger partial charge in [-0.3, -0.25) is 0 Å². The Kier molecular flexibility index (Phi) is 5.80. The van der Waals surface area contributed by atoms with Gasteiger partial charge in [-0.1, -0.05) is 57.9 Å². The number of alkyl halides is 2. The first-order valence-corrected chi connectivity index (χ1v) is 8.47. The van der Waals surface area contributed by atoms with Crippen LogP contribution in [0.25, 0.3) is 0 Å². The predicted octanol–water partition coefficient (Wildman–Crippen LogP) is 6.06. The molecule has 0 fully saturated rings. The summed E-state index contributed by atoms with van der Waals surface area (Å²) in [4.78, 5) is 0. The third-order valence-corrected chi connectivity index (χ3v) is 5.23. The van der Waals surface area contributed by atoms with E-state index in [1.165, 1.54) is 5.56 Å². The van der Waals surface area contributed by atoms with Crippen LogP contribution in [0.4, 0.5) is 0 Å². The molecule has 0 spiro atoms. The van der Waals surface area contributed by atoms with Crippen LogP contribution in [-0.4, -0.2) is 11.8 Å². The zero-order chi connectivity index (χ0) is 14.6. The number of halogens is 4. The first kappa shape index (κ1) is 16.2. The molecule has 2 rings (SSSR count). The molecule has 0 bridgehead atoms. The lowest BCUT2D eigenvalue weighted by atomic mass is 9.78. The number of hydrogen-bond acceptors (Lipinski definition) is 0. The number of hydrogen-bond donors (Lipinski definition) is 0. The van der Waals surface area contributed by atoms with Crippen molar-refractivity contribution in [3.05, 3.63) is 69.2 Å². The lowest BCUT2D eigenvalue weighted by Gasteiger charge is -2.31. The van der Waals surface area contributed by atoms with Crippen LogP contribution < -0.4 is 0 Å². The van der Waals surface area contributed by atoms with Gasteiger partial charge in [-0.2, -0.15) is 0 Å². The lowest BCUT2D eigenvalue weighted by molar-refractivity contribution is 0.536. The van der Waals surface area contributed by atoms with Crippen molar-refractivity contribution in [2.75, 3.05) is 11.8 Å². The summed E-state index contributed by atoms with van der Waals surface area (Å²) in [5, 5.41) is 0.712. The van der Waals surface area contributed by atoms with E-state index >= 15 is 0 Å². The molecule has 0 N–H and O–H groups in total.